The van der Waals surface area contributed by atoms with Gasteiger partial charge < -0.3 is 9.84 Å². The molecule has 6 nitrogen and oxygen atoms in total. The first kappa shape index (κ1) is 21.9. The van der Waals surface area contributed by atoms with Gasteiger partial charge in [-0.1, -0.05) is 53.3 Å². The Bertz CT molecular complexity index is 1190. The van der Waals surface area contributed by atoms with Crippen LogP contribution in [0.25, 0.3) is 10.7 Å². The van der Waals surface area contributed by atoms with Gasteiger partial charge in [0.15, 0.2) is 0 Å². The minimum Gasteiger partial charge on any atom is -0.338 e. The molecule has 3 heterocycles. The smallest absolute Gasteiger partial charge is 0.241 e. The fourth-order valence-corrected chi connectivity index (χ4v) is 5.45. The fraction of sp³-hybridized carbons (Fsp3) is 0.240. The first-order valence-corrected chi connectivity index (χ1v) is 12.7. The van der Waals surface area contributed by atoms with Gasteiger partial charge in [-0.2, -0.15) is 4.98 Å². The normalized spacial score (nSPS) is 14.9. The number of thiophene rings is 1. The number of amides is 1. The lowest BCUT2D eigenvalue weighted by molar-refractivity contribution is -0.121. The molecule has 0 radical (unpaired) electrons. The number of likely N-dealkylation sites (tertiary alicyclic amines) is 1. The summed E-state index contributed by atoms with van der Waals surface area (Å²) in [7, 11) is 0. The van der Waals surface area contributed by atoms with Crippen LogP contribution in [-0.4, -0.2) is 34.0 Å². The number of rotatable bonds is 7. The molecule has 1 fully saturated rings. The maximum Gasteiger partial charge on any atom is 0.241 e. The van der Waals surface area contributed by atoms with Gasteiger partial charge in [-0.25, -0.2) is 0 Å². The zero-order valence-electron chi connectivity index (χ0n) is 18.0. The second kappa shape index (κ2) is 10.3. The Balaban J connectivity index is 1.15. The molecule has 8 heteroatoms. The summed E-state index contributed by atoms with van der Waals surface area (Å²) >= 11 is 3.26. The number of nitrogens with zero attached hydrogens (tertiary/aromatic N) is 3. The number of hydrogen-bond donors (Lipinski definition) is 1. The summed E-state index contributed by atoms with van der Waals surface area (Å²) in [6.45, 7) is 2.27. The Morgan fingerprint density at radius 2 is 1.85 bits per heavy atom. The largest absolute Gasteiger partial charge is 0.338 e. The monoisotopic (exact) mass is 476 g/mol. The van der Waals surface area contributed by atoms with E-state index < -0.39 is 0 Å². The molecule has 0 aliphatic carbocycles. The summed E-state index contributed by atoms with van der Waals surface area (Å²) in [6, 6.07) is 22.1. The lowest BCUT2D eigenvalue weighted by Gasteiger charge is -2.30. The molecule has 0 atom stereocenters. The number of nitrogens with one attached hydrogen (secondary N) is 1. The number of anilines is 1. The van der Waals surface area contributed by atoms with E-state index in [-0.39, 0.29) is 11.8 Å². The third kappa shape index (κ3) is 5.52. The summed E-state index contributed by atoms with van der Waals surface area (Å²) in [5.74, 6) is 1.35. The van der Waals surface area contributed by atoms with E-state index in [4.69, 9.17) is 4.52 Å². The van der Waals surface area contributed by atoms with E-state index in [1.165, 1.54) is 0 Å². The number of benzene rings is 2. The predicted octanol–water partition coefficient (Wildman–Crippen LogP) is 5.80. The van der Waals surface area contributed by atoms with Crippen molar-refractivity contribution in [1.29, 1.82) is 0 Å². The number of carbonyl (C=O) groups is 1. The maximum absolute atomic E-state index is 13.0. The SMILES string of the molecule is O=C(Nc1ccccc1Sc1ccccc1)C1CCN(Cc2nc(-c3cccs3)no2)CC1. The van der Waals surface area contributed by atoms with E-state index in [1.54, 1.807) is 23.1 Å². The van der Waals surface area contributed by atoms with E-state index in [1.807, 2.05) is 60.0 Å². The standard InChI is InChI=1S/C25H24N4O2S2/c30-25(26-20-9-4-5-10-21(20)33-19-7-2-1-3-8-19)18-12-14-29(15-13-18)17-23-27-24(28-31-23)22-11-6-16-32-22/h1-11,16,18H,12-15,17H2,(H,26,30). The molecule has 1 saturated heterocycles. The molecule has 0 saturated carbocycles. The van der Waals surface area contributed by atoms with Gasteiger partial charge in [-0.3, -0.25) is 9.69 Å². The first-order chi connectivity index (χ1) is 16.2. The predicted molar refractivity (Wildman–Crippen MR) is 131 cm³/mol. The van der Waals surface area contributed by atoms with Gasteiger partial charge >= 0.3 is 0 Å². The molecule has 2 aromatic carbocycles. The van der Waals surface area contributed by atoms with Crippen LogP contribution in [-0.2, 0) is 11.3 Å². The van der Waals surface area contributed by atoms with Crippen LogP contribution in [0.3, 0.4) is 0 Å². The van der Waals surface area contributed by atoms with Crippen LogP contribution in [0.15, 0.2) is 86.4 Å². The molecular weight excluding hydrogens is 452 g/mol. The van der Waals surface area contributed by atoms with E-state index >= 15 is 0 Å². The molecule has 2 aromatic heterocycles. The van der Waals surface area contributed by atoms with Gasteiger partial charge in [0.1, 0.15) is 0 Å². The van der Waals surface area contributed by atoms with Gasteiger partial charge in [-0.05, 0) is 61.6 Å². The van der Waals surface area contributed by atoms with Crippen LogP contribution in [0.5, 0.6) is 0 Å². The van der Waals surface area contributed by atoms with E-state index in [2.05, 4.69) is 32.5 Å². The van der Waals surface area contributed by atoms with E-state index in [9.17, 15) is 4.79 Å². The van der Waals surface area contributed by atoms with Crippen molar-refractivity contribution in [2.45, 2.75) is 29.2 Å². The molecule has 1 N–H and O–H groups in total. The topological polar surface area (TPSA) is 71.3 Å². The van der Waals surface area contributed by atoms with Crippen molar-refractivity contribution in [1.82, 2.24) is 15.0 Å². The second-order valence-electron chi connectivity index (χ2n) is 7.94. The quantitative estimate of drug-likeness (QED) is 0.363. The van der Waals surface area contributed by atoms with Crippen LogP contribution in [0.4, 0.5) is 5.69 Å². The lowest BCUT2D eigenvalue weighted by Crippen LogP contribution is -2.37. The van der Waals surface area contributed by atoms with E-state index in [0.717, 1.165) is 46.3 Å². The van der Waals surface area contributed by atoms with Crippen molar-refractivity contribution in [3.8, 4) is 10.7 Å². The third-order valence-electron chi connectivity index (χ3n) is 5.64. The summed E-state index contributed by atoms with van der Waals surface area (Å²) in [5, 5.41) is 9.25. The van der Waals surface area contributed by atoms with Gasteiger partial charge in [0.25, 0.3) is 0 Å². The molecular formula is C25H24N4O2S2. The van der Waals surface area contributed by atoms with Crippen molar-refractivity contribution >= 4 is 34.7 Å². The van der Waals surface area contributed by atoms with Crippen molar-refractivity contribution in [3.63, 3.8) is 0 Å². The van der Waals surface area contributed by atoms with Crippen LogP contribution >= 0.6 is 23.1 Å². The van der Waals surface area contributed by atoms with Crippen molar-refractivity contribution < 1.29 is 9.32 Å². The van der Waals surface area contributed by atoms with Crippen LogP contribution in [0, 0.1) is 5.92 Å². The second-order valence-corrected chi connectivity index (χ2v) is 10.0. The average Bonchev–Trinajstić information content (AvgIpc) is 3.54. The zero-order chi connectivity index (χ0) is 22.5. The van der Waals surface area contributed by atoms with Crippen molar-refractivity contribution in [2.75, 3.05) is 18.4 Å². The van der Waals surface area contributed by atoms with Gasteiger partial charge in [0.05, 0.1) is 17.1 Å². The number of aromatic nitrogens is 2. The van der Waals surface area contributed by atoms with Gasteiger partial charge in [0, 0.05) is 15.7 Å². The van der Waals surface area contributed by atoms with Gasteiger partial charge in [0.2, 0.25) is 17.6 Å². The maximum atomic E-state index is 13.0. The Labute approximate surface area is 201 Å². The molecule has 5 rings (SSSR count). The molecule has 0 unspecified atom stereocenters. The van der Waals surface area contributed by atoms with Crippen LogP contribution < -0.4 is 5.32 Å². The molecule has 1 amide bonds. The Morgan fingerprint density at radius 3 is 2.64 bits per heavy atom. The lowest BCUT2D eigenvalue weighted by atomic mass is 9.96. The summed E-state index contributed by atoms with van der Waals surface area (Å²) in [5.41, 5.74) is 0.866. The van der Waals surface area contributed by atoms with Crippen LogP contribution in [0.2, 0.25) is 0 Å². The van der Waals surface area contributed by atoms with Crippen LogP contribution in [0.1, 0.15) is 18.7 Å². The summed E-state index contributed by atoms with van der Waals surface area (Å²) < 4.78 is 5.43. The molecule has 0 spiro atoms. The Hall–Kier alpha value is -2.94. The first-order valence-electron chi connectivity index (χ1n) is 11.0. The third-order valence-corrected chi connectivity index (χ3v) is 7.59. The minimum absolute atomic E-state index is 0.000367. The highest BCUT2D eigenvalue weighted by molar-refractivity contribution is 7.99. The molecule has 168 valence electrons. The number of carbonyl (C=O) groups excluding carboxylic acids is 1. The highest BCUT2D eigenvalue weighted by Gasteiger charge is 2.26. The number of hydrogen-bond acceptors (Lipinski definition) is 7. The molecule has 0 bridgehead atoms. The Morgan fingerprint density at radius 1 is 1.06 bits per heavy atom. The average molecular weight is 477 g/mol. The zero-order valence-corrected chi connectivity index (χ0v) is 19.6. The Kier molecular flexibility index (Phi) is 6.85. The van der Waals surface area contributed by atoms with E-state index in [0.29, 0.717) is 18.3 Å². The molecule has 4 aromatic rings. The minimum atomic E-state index is 0.000367. The molecule has 33 heavy (non-hydrogen) atoms. The number of para-hydroxylation sites is 1. The molecule has 1 aliphatic rings. The highest BCUT2D eigenvalue weighted by Crippen LogP contribution is 2.34. The van der Waals surface area contributed by atoms with Crippen molar-refractivity contribution in [3.05, 3.63) is 78.0 Å². The summed E-state index contributed by atoms with van der Waals surface area (Å²) in [6.07, 6.45) is 1.62. The van der Waals surface area contributed by atoms with Gasteiger partial charge in [-0.15, -0.1) is 11.3 Å². The van der Waals surface area contributed by atoms with Crippen molar-refractivity contribution in [2.24, 2.45) is 5.92 Å². The molecule has 1 aliphatic heterocycles. The number of piperidine rings is 1. The highest BCUT2D eigenvalue weighted by atomic mass is 32.2. The fourth-order valence-electron chi connectivity index (χ4n) is 3.88. The summed E-state index contributed by atoms with van der Waals surface area (Å²) in [4.78, 5) is 23.0.